The molecule has 21 heavy (non-hydrogen) atoms. The Bertz CT molecular complexity index is 641. The van der Waals surface area contributed by atoms with E-state index in [1.54, 1.807) is 42.3 Å². The summed E-state index contributed by atoms with van der Waals surface area (Å²) in [4.78, 5) is 30.4. The molecule has 0 bridgehead atoms. The Kier molecular flexibility index (Phi) is 3.38. The average Bonchev–Trinajstić information content (AvgIpc) is 3.13. The van der Waals surface area contributed by atoms with Gasteiger partial charge >= 0.3 is 0 Å². The smallest absolute Gasteiger partial charge is 0.244 e. The minimum Gasteiger partial charge on any atom is -0.357 e. The van der Waals surface area contributed by atoms with Crippen LogP contribution in [0, 0.1) is 0 Å². The van der Waals surface area contributed by atoms with Crippen molar-refractivity contribution in [2.45, 2.75) is 12.5 Å². The number of rotatable bonds is 4. The number of hydrogen-bond acceptors (Lipinski definition) is 7. The number of anilines is 2. The minimum absolute atomic E-state index is 0.0469. The number of aromatic nitrogens is 5. The number of amides is 1. The van der Waals surface area contributed by atoms with Gasteiger partial charge in [-0.2, -0.15) is 15.0 Å². The van der Waals surface area contributed by atoms with Gasteiger partial charge in [0.1, 0.15) is 12.4 Å². The topological polar surface area (TPSA) is 101 Å². The highest BCUT2D eigenvalue weighted by Gasteiger charge is 2.29. The van der Waals surface area contributed by atoms with Crippen LogP contribution in [0.5, 0.6) is 0 Å². The number of likely N-dealkylation sites (N-methyl/N-ethyl adjacent to an activating group) is 1. The maximum absolute atomic E-state index is 11.9. The van der Waals surface area contributed by atoms with E-state index in [0.717, 1.165) is 13.0 Å². The van der Waals surface area contributed by atoms with Crippen molar-refractivity contribution < 1.29 is 4.79 Å². The first-order valence-electron chi connectivity index (χ1n) is 6.61. The predicted octanol–water partition coefficient (Wildman–Crippen LogP) is -0.258. The van der Waals surface area contributed by atoms with Crippen LogP contribution in [-0.4, -0.2) is 62.0 Å². The number of nitrogens with one attached hydrogen (secondary N) is 2. The molecule has 1 atom stereocenters. The third kappa shape index (κ3) is 2.62. The van der Waals surface area contributed by atoms with E-state index in [1.165, 1.54) is 0 Å². The Morgan fingerprint density at radius 2 is 2.10 bits per heavy atom. The van der Waals surface area contributed by atoms with Crippen molar-refractivity contribution in [2.75, 3.05) is 31.3 Å². The number of hydrogen-bond donors (Lipinski definition) is 2. The van der Waals surface area contributed by atoms with Crippen LogP contribution in [-0.2, 0) is 4.79 Å². The van der Waals surface area contributed by atoms with E-state index in [4.69, 9.17) is 0 Å². The molecule has 2 aromatic heterocycles. The highest BCUT2D eigenvalue weighted by molar-refractivity contribution is 5.86. The summed E-state index contributed by atoms with van der Waals surface area (Å²) in [5, 5.41) is 5.95. The molecule has 2 N–H and O–H groups in total. The Morgan fingerprint density at radius 3 is 2.71 bits per heavy atom. The van der Waals surface area contributed by atoms with Crippen LogP contribution < -0.4 is 10.6 Å². The SMILES string of the molecule is CNc1nc(NC2CCN(C)C2=O)nc(-n2ccnc2)n1. The molecule has 0 saturated carbocycles. The van der Waals surface area contributed by atoms with E-state index >= 15 is 0 Å². The molecule has 1 unspecified atom stereocenters. The van der Waals surface area contributed by atoms with E-state index in [2.05, 4.69) is 30.6 Å². The van der Waals surface area contributed by atoms with Crippen LogP contribution >= 0.6 is 0 Å². The number of carbonyl (C=O) groups excluding carboxylic acids is 1. The zero-order chi connectivity index (χ0) is 14.8. The molecule has 1 saturated heterocycles. The van der Waals surface area contributed by atoms with Gasteiger partial charge in [-0.25, -0.2) is 4.98 Å². The third-order valence-corrected chi connectivity index (χ3v) is 3.31. The van der Waals surface area contributed by atoms with E-state index in [-0.39, 0.29) is 11.9 Å². The summed E-state index contributed by atoms with van der Waals surface area (Å²) in [6.07, 6.45) is 5.72. The first-order valence-corrected chi connectivity index (χ1v) is 6.61. The van der Waals surface area contributed by atoms with Crippen LogP contribution in [0.15, 0.2) is 18.7 Å². The summed E-state index contributed by atoms with van der Waals surface area (Å²) < 4.78 is 1.68. The lowest BCUT2D eigenvalue weighted by atomic mass is 10.2. The van der Waals surface area contributed by atoms with Gasteiger partial charge in [-0.15, -0.1) is 0 Å². The second-order valence-corrected chi connectivity index (χ2v) is 4.75. The Hall–Kier alpha value is -2.71. The van der Waals surface area contributed by atoms with E-state index in [1.807, 2.05) is 0 Å². The van der Waals surface area contributed by atoms with Crippen molar-refractivity contribution in [3.63, 3.8) is 0 Å². The fraction of sp³-hybridized carbons (Fsp3) is 0.417. The molecular formula is C12H16N8O. The number of nitrogens with zero attached hydrogens (tertiary/aromatic N) is 6. The van der Waals surface area contributed by atoms with E-state index in [0.29, 0.717) is 17.8 Å². The van der Waals surface area contributed by atoms with Gasteiger partial charge in [-0.1, -0.05) is 0 Å². The second-order valence-electron chi connectivity index (χ2n) is 4.75. The summed E-state index contributed by atoms with van der Waals surface area (Å²) in [7, 11) is 3.51. The van der Waals surface area contributed by atoms with Gasteiger partial charge in [0.05, 0.1) is 0 Å². The van der Waals surface area contributed by atoms with Gasteiger partial charge in [0.15, 0.2) is 0 Å². The van der Waals surface area contributed by atoms with Crippen LogP contribution in [0.3, 0.4) is 0 Å². The van der Waals surface area contributed by atoms with Crippen molar-refractivity contribution in [1.29, 1.82) is 0 Å². The average molecular weight is 288 g/mol. The van der Waals surface area contributed by atoms with Gasteiger partial charge in [0, 0.05) is 33.0 Å². The van der Waals surface area contributed by atoms with Crippen LogP contribution in [0.2, 0.25) is 0 Å². The number of imidazole rings is 1. The number of carbonyl (C=O) groups is 1. The Labute approximate surface area is 121 Å². The highest BCUT2D eigenvalue weighted by atomic mass is 16.2. The standard InChI is InChI=1S/C12H16N8O/c1-13-10-16-11(15-8-3-5-19(2)9(8)21)18-12(17-10)20-6-4-14-7-20/h4,6-8H,3,5H2,1-2H3,(H2,13,15,16,17,18). The summed E-state index contributed by atoms with van der Waals surface area (Å²) >= 11 is 0. The molecule has 0 aromatic carbocycles. The molecule has 3 rings (SSSR count). The van der Waals surface area contributed by atoms with Gasteiger partial charge in [0.25, 0.3) is 0 Å². The highest BCUT2D eigenvalue weighted by Crippen LogP contribution is 2.15. The van der Waals surface area contributed by atoms with Gasteiger partial charge < -0.3 is 15.5 Å². The molecular weight excluding hydrogens is 272 g/mol. The normalized spacial score (nSPS) is 18.1. The molecule has 9 nitrogen and oxygen atoms in total. The maximum Gasteiger partial charge on any atom is 0.244 e. The quantitative estimate of drug-likeness (QED) is 0.799. The monoisotopic (exact) mass is 288 g/mol. The fourth-order valence-electron chi connectivity index (χ4n) is 2.15. The Morgan fingerprint density at radius 1 is 1.29 bits per heavy atom. The van der Waals surface area contributed by atoms with Gasteiger partial charge in [-0.3, -0.25) is 9.36 Å². The maximum atomic E-state index is 11.9. The van der Waals surface area contributed by atoms with E-state index in [9.17, 15) is 4.79 Å². The summed E-state index contributed by atoms with van der Waals surface area (Å²) in [5.74, 6) is 1.28. The van der Waals surface area contributed by atoms with Gasteiger partial charge in [0.2, 0.25) is 23.8 Å². The molecule has 110 valence electrons. The summed E-state index contributed by atoms with van der Waals surface area (Å²) in [6, 6.07) is -0.294. The van der Waals surface area contributed by atoms with Crippen molar-refractivity contribution in [1.82, 2.24) is 29.4 Å². The molecule has 3 heterocycles. The van der Waals surface area contributed by atoms with Crippen molar-refractivity contribution >= 4 is 17.8 Å². The molecule has 1 aliphatic heterocycles. The second kappa shape index (κ2) is 5.35. The molecule has 9 heteroatoms. The minimum atomic E-state index is -0.294. The lowest BCUT2D eigenvalue weighted by Crippen LogP contribution is -2.31. The summed E-state index contributed by atoms with van der Waals surface area (Å²) in [6.45, 7) is 0.731. The zero-order valence-corrected chi connectivity index (χ0v) is 11.8. The van der Waals surface area contributed by atoms with Crippen LogP contribution in [0.1, 0.15) is 6.42 Å². The molecule has 0 spiro atoms. The molecule has 1 amide bonds. The molecule has 1 fully saturated rings. The molecule has 1 aliphatic rings. The zero-order valence-electron chi connectivity index (χ0n) is 11.8. The van der Waals surface area contributed by atoms with Crippen molar-refractivity contribution in [2.24, 2.45) is 0 Å². The van der Waals surface area contributed by atoms with Crippen LogP contribution in [0.4, 0.5) is 11.9 Å². The number of likely N-dealkylation sites (tertiary alicyclic amines) is 1. The Balaban J connectivity index is 1.88. The van der Waals surface area contributed by atoms with Crippen molar-refractivity contribution in [3.05, 3.63) is 18.7 Å². The molecule has 2 aromatic rings. The molecule has 0 radical (unpaired) electrons. The first-order chi connectivity index (χ1) is 10.2. The van der Waals surface area contributed by atoms with E-state index < -0.39 is 0 Å². The largest absolute Gasteiger partial charge is 0.357 e. The van der Waals surface area contributed by atoms with Crippen molar-refractivity contribution in [3.8, 4) is 5.95 Å². The lowest BCUT2D eigenvalue weighted by Gasteiger charge is -2.13. The fourth-order valence-corrected chi connectivity index (χ4v) is 2.15. The van der Waals surface area contributed by atoms with Gasteiger partial charge in [-0.05, 0) is 6.42 Å². The summed E-state index contributed by atoms with van der Waals surface area (Å²) in [5.41, 5.74) is 0. The predicted molar refractivity (Wildman–Crippen MR) is 76.2 cm³/mol. The van der Waals surface area contributed by atoms with Crippen LogP contribution in [0.25, 0.3) is 5.95 Å². The molecule has 0 aliphatic carbocycles. The first kappa shape index (κ1) is 13.3. The lowest BCUT2D eigenvalue weighted by molar-refractivity contribution is -0.127. The third-order valence-electron chi connectivity index (χ3n) is 3.31.